The molecule has 4 heteroatoms. The highest BCUT2D eigenvalue weighted by Crippen LogP contribution is 2.18. The molecule has 64 heavy (non-hydrogen) atoms. The van der Waals surface area contributed by atoms with Crippen LogP contribution in [0, 0.1) is 129 Å². The lowest BCUT2D eigenvalue weighted by atomic mass is 9.31. The first kappa shape index (κ1) is 44.8. The van der Waals surface area contributed by atoms with Crippen LogP contribution in [0.25, 0.3) is 0 Å². The molecule has 0 aliphatic rings. The van der Waals surface area contributed by atoms with Gasteiger partial charge in [0.15, 0.2) is 0 Å². The van der Waals surface area contributed by atoms with Crippen LogP contribution in [0.15, 0.2) is 109 Å². The van der Waals surface area contributed by atoms with Crippen LogP contribution in [0.3, 0.4) is 0 Å². The number of rotatable bonds is 6. The van der Waals surface area contributed by atoms with Gasteiger partial charge in [-0.3, -0.25) is 0 Å². The van der Waals surface area contributed by atoms with Crippen molar-refractivity contribution in [2.24, 2.45) is 0 Å². The van der Waals surface area contributed by atoms with Crippen LogP contribution in [0.5, 0.6) is 0 Å². The Hall–Kier alpha value is -7.23. The van der Waals surface area contributed by atoms with Gasteiger partial charge in [-0.15, -0.1) is 0 Å². The van der Waals surface area contributed by atoms with Gasteiger partial charge in [0, 0.05) is 22.3 Å². The lowest BCUT2D eigenvalue weighted by Gasteiger charge is -2.28. The first-order chi connectivity index (χ1) is 30.6. The van der Waals surface area contributed by atoms with Crippen molar-refractivity contribution in [3.8, 4) is 35.8 Å². The van der Waals surface area contributed by atoms with Crippen molar-refractivity contribution < 1.29 is 0 Å². The van der Waals surface area contributed by atoms with Gasteiger partial charge in [-0.25, -0.2) is 0 Å². The first-order valence-corrected chi connectivity index (χ1v) is 22.1. The van der Waals surface area contributed by atoms with E-state index in [1.54, 1.807) is 0 Å². The molecule has 0 unspecified atom stereocenters. The van der Waals surface area contributed by atoms with Crippen LogP contribution in [-0.4, -0.2) is 13.4 Å². The minimum atomic E-state index is -0.167. The molecule has 7 aromatic carbocycles. The molecule has 0 heterocycles. The molecule has 0 aliphatic heterocycles. The molecule has 0 bridgehead atoms. The fourth-order valence-electron chi connectivity index (χ4n) is 10.4. The molecule has 0 fully saturated rings. The van der Waals surface area contributed by atoms with Crippen molar-refractivity contribution in [2.45, 2.75) is 83.1 Å². The van der Waals surface area contributed by atoms with Crippen LogP contribution in [0.1, 0.15) is 100 Å². The second kappa shape index (κ2) is 18.6. The minimum absolute atomic E-state index is 0.167. The van der Waals surface area contributed by atoms with Gasteiger partial charge in [-0.2, -0.15) is 10.5 Å². The molecule has 0 saturated carbocycles. The van der Waals surface area contributed by atoms with Gasteiger partial charge in [0.05, 0.1) is 23.3 Å². The van der Waals surface area contributed by atoms with E-state index in [4.69, 9.17) is 0 Å². The Balaban J connectivity index is 1.69. The van der Waals surface area contributed by atoms with E-state index in [0.29, 0.717) is 11.1 Å². The lowest BCUT2D eigenvalue weighted by molar-refractivity contribution is 1.33. The van der Waals surface area contributed by atoms with Crippen molar-refractivity contribution >= 4 is 46.2 Å². The average Bonchev–Trinajstić information content (AvgIpc) is 3.23. The Morgan fingerprint density at radius 2 is 0.516 bits per heavy atom. The second-order valence-electron chi connectivity index (χ2n) is 18.0. The normalized spacial score (nSPS) is 10.5. The predicted octanol–water partition coefficient (Wildman–Crippen LogP) is 8.96. The summed E-state index contributed by atoms with van der Waals surface area (Å²) in [4.78, 5) is 0. The Bertz CT molecular complexity index is 2780. The minimum Gasteiger partial charge on any atom is -0.192 e. The summed E-state index contributed by atoms with van der Waals surface area (Å²) in [5.74, 6) is 14.6. The number of benzene rings is 7. The lowest BCUT2D eigenvalue weighted by Crippen LogP contribution is -2.59. The first-order valence-electron chi connectivity index (χ1n) is 22.1. The van der Waals surface area contributed by atoms with E-state index >= 15 is 0 Å². The van der Waals surface area contributed by atoms with Crippen molar-refractivity contribution in [1.82, 2.24) is 0 Å². The molecule has 0 N–H and O–H groups in total. The standard InChI is InChI=1S/C60H54B2N2/c1-37-25-41(5)57(42(6)26-37)61(58-43(7)27-38(2)28-44(58)8)55-33-54(24-22-50-15-19-52(36-64)20-16-50)56(34-53(55)23-21-49-13-17-51(35-63)18-14-49)62(59-45(9)29-39(3)30-46(59)10)60-47(11)31-40(4)32-48(60)12/h13-20,25-34H,1-12H3. The van der Waals surface area contributed by atoms with Crippen LogP contribution in [0.2, 0.25) is 0 Å². The van der Waals surface area contributed by atoms with E-state index < -0.39 is 0 Å². The molecule has 310 valence electrons. The molecule has 7 aromatic rings. The molecule has 0 saturated heterocycles. The molecule has 0 amide bonds. The summed E-state index contributed by atoms with van der Waals surface area (Å²) in [6.45, 7) is 26.3. The topological polar surface area (TPSA) is 47.6 Å². The van der Waals surface area contributed by atoms with E-state index in [9.17, 15) is 10.5 Å². The fourth-order valence-corrected chi connectivity index (χ4v) is 10.4. The summed E-state index contributed by atoms with van der Waals surface area (Å²) in [7, 11) is 0. The van der Waals surface area contributed by atoms with Crippen LogP contribution in [0.4, 0.5) is 0 Å². The largest absolute Gasteiger partial charge is 0.244 e. The second-order valence-corrected chi connectivity index (χ2v) is 18.0. The SMILES string of the molecule is Cc1cc(C)c(B(c2cc(C#Cc3ccc(C#N)cc3)c(B(c3c(C)cc(C)cc3C)c3c(C)cc(C)cc3C)cc2C#Cc2ccc(C#N)cc2)c2c(C)cc(C)cc2C)c(C)c1. The molecule has 0 atom stereocenters. The van der Waals surface area contributed by atoms with Crippen molar-refractivity contribution in [1.29, 1.82) is 10.5 Å². The number of nitrogens with zero attached hydrogens (tertiary/aromatic N) is 2. The maximum Gasteiger partial charge on any atom is 0.244 e. The fraction of sp³-hybridized carbons (Fsp3) is 0.200. The highest BCUT2D eigenvalue weighted by atomic mass is 14.2. The van der Waals surface area contributed by atoms with Crippen molar-refractivity contribution in [3.05, 3.63) is 209 Å². The molecular weight excluding hydrogens is 770 g/mol. The average molecular weight is 825 g/mol. The summed E-state index contributed by atoms with van der Waals surface area (Å²) >= 11 is 0. The van der Waals surface area contributed by atoms with Crippen LogP contribution >= 0.6 is 0 Å². The summed E-state index contributed by atoms with van der Waals surface area (Å²) in [5, 5.41) is 19.2. The molecular formula is C60H54B2N2. The van der Waals surface area contributed by atoms with E-state index in [0.717, 1.165) is 33.2 Å². The quantitative estimate of drug-likeness (QED) is 0.124. The summed E-state index contributed by atoms with van der Waals surface area (Å²) < 4.78 is 0. The van der Waals surface area contributed by atoms with Gasteiger partial charge in [0.2, 0.25) is 13.4 Å². The molecule has 7 rings (SSSR count). The maximum atomic E-state index is 9.61. The molecule has 0 spiro atoms. The van der Waals surface area contributed by atoms with Crippen LogP contribution in [-0.2, 0) is 0 Å². The molecule has 0 aliphatic carbocycles. The number of nitriles is 2. The zero-order valence-corrected chi connectivity index (χ0v) is 39.4. The third kappa shape index (κ3) is 9.26. The molecule has 0 radical (unpaired) electrons. The van der Waals surface area contributed by atoms with E-state index in [-0.39, 0.29) is 13.4 Å². The van der Waals surface area contributed by atoms with Crippen LogP contribution < -0.4 is 32.8 Å². The Labute approximate surface area is 383 Å². The summed E-state index contributed by atoms with van der Waals surface area (Å²) in [6, 6.07) is 42.7. The number of hydrogen-bond donors (Lipinski definition) is 0. The molecule has 0 aromatic heterocycles. The highest BCUT2D eigenvalue weighted by molar-refractivity contribution is 6.98. The van der Waals surface area contributed by atoms with Gasteiger partial charge in [0.1, 0.15) is 0 Å². The van der Waals surface area contributed by atoms with Gasteiger partial charge in [0.25, 0.3) is 0 Å². The molecule has 2 nitrogen and oxygen atoms in total. The van der Waals surface area contributed by atoms with E-state index in [1.165, 1.54) is 88.6 Å². The van der Waals surface area contributed by atoms with Gasteiger partial charge in [-0.1, -0.05) is 184 Å². The zero-order valence-electron chi connectivity index (χ0n) is 39.4. The van der Waals surface area contributed by atoms with Crippen molar-refractivity contribution in [3.63, 3.8) is 0 Å². The number of hydrogen-bond acceptors (Lipinski definition) is 2. The Morgan fingerprint density at radius 3 is 0.734 bits per heavy atom. The third-order valence-electron chi connectivity index (χ3n) is 12.7. The Morgan fingerprint density at radius 1 is 0.297 bits per heavy atom. The smallest absolute Gasteiger partial charge is 0.192 e. The summed E-state index contributed by atoms with van der Waals surface area (Å²) in [5.41, 5.74) is 26.8. The predicted molar refractivity (Wildman–Crippen MR) is 273 cm³/mol. The van der Waals surface area contributed by atoms with Gasteiger partial charge >= 0.3 is 0 Å². The van der Waals surface area contributed by atoms with Crippen molar-refractivity contribution in [2.75, 3.05) is 0 Å². The Kier molecular flexibility index (Phi) is 13.0. The third-order valence-corrected chi connectivity index (χ3v) is 12.7. The summed E-state index contributed by atoms with van der Waals surface area (Å²) in [6.07, 6.45) is 0. The van der Waals surface area contributed by atoms with E-state index in [2.05, 4.69) is 180 Å². The number of aryl methyl sites for hydroxylation is 12. The zero-order chi connectivity index (χ0) is 46.0. The van der Waals surface area contributed by atoms with Gasteiger partial charge in [-0.05, 0) is 132 Å². The van der Waals surface area contributed by atoms with Gasteiger partial charge < -0.3 is 0 Å². The highest BCUT2D eigenvalue weighted by Gasteiger charge is 2.35. The van der Waals surface area contributed by atoms with E-state index in [1.807, 2.05) is 48.5 Å². The maximum absolute atomic E-state index is 9.61. The monoisotopic (exact) mass is 824 g/mol.